The van der Waals surface area contributed by atoms with E-state index in [1.165, 1.54) is 4.90 Å². The number of quaternary nitrogens is 1. The van der Waals surface area contributed by atoms with E-state index in [0.717, 1.165) is 23.4 Å². The quantitative estimate of drug-likeness (QED) is 0.596. The Bertz CT molecular complexity index is 583. The van der Waals surface area contributed by atoms with Crippen molar-refractivity contribution in [2.75, 3.05) is 7.05 Å². The highest BCUT2D eigenvalue weighted by Gasteiger charge is 2.27. The van der Waals surface area contributed by atoms with Gasteiger partial charge >= 0.3 is 5.69 Å². The number of aromatic nitrogens is 3. The number of nitrogens with zero attached hydrogens (tertiary/aromatic N) is 2. The molecule has 2 N–H and O–H groups in total. The van der Waals surface area contributed by atoms with E-state index >= 15 is 0 Å². The fourth-order valence-corrected chi connectivity index (χ4v) is 2.24. The van der Waals surface area contributed by atoms with Crippen LogP contribution in [-0.4, -0.2) is 27.6 Å². The normalized spacial score (nSPS) is 24.7. The molecule has 5 nitrogen and oxygen atoms in total. The van der Waals surface area contributed by atoms with E-state index in [9.17, 15) is 4.79 Å². The average Bonchev–Trinajstić information content (AvgIpc) is 2.57. The van der Waals surface area contributed by atoms with Gasteiger partial charge in [-0.15, -0.1) is 0 Å². The maximum Gasteiger partial charge on any atom is 0.350 e. The molecule has 1 aliphatic rings. The third-order valence-electron chi connectivity index (χ3n) is 3.24. The van der Waals surface area contributed by atoms with E-state index in [1.54, 1.807) is 0 Å². The van der Waals surface area contributed by atoms with E-state index in [2.05, 4.69) is 28.5 Å². The summed E-state index contributed by atoms with van der Waals surface area (Å²) in [5.41, 5.74) is 1.59. The summed E-state index contributed by atoms with van der Waals surface area (Å²) in [6.45, 7) is 3.14. The number of H-pyrrole nitrogens is 1. The van der Waals surface area contributed by atoms with Crippen LogP contribution in [0.1, 0.15) is 6.92 Å². The van der Waals surface area contributed by atoms with E-state index < -0.39 is 0 Å². The molecule has 0 spiro atoms. The predicted octanol–water partition coefficient (Wildman–Crippen LogP) is -0.727. The van der Waals surface area contributed by atoms with Crippen LogP contribution in [0.4, 0.5) is 5.82 Å². The Kier molecular flexibility index (Phi) is 1.56. The molecule has 2 unspecified atom stereocenters. The van der Waals surface area contributed by atoms with Gasteiger partial charge < -0.3 is 4.57 Å². The van der Waals surface area contributed by atoms with Gasteiger partial charge in [0, 0.05) is 6.20 Å². The molecule has 2 aromatic rings. The standard InChI is InChI=1S/C10H12N4O/c1-6-5-14-4-3-7-8(14)9(13(6)2)12-10(15)11-7/h3-4,6H,5H2,1-2H3,(H,11,12,15)/p+1. The number of hydrogen-bond donors (Lipinski definition) is 2. The van der Waals surface area contributed by atoms with Crippen LogP contribution in [-0.2, 0) is 6.54 Å². The molecule has 2 aromatic heterocycles. The Balaban J connectivity index is 2.45. The lowest BCUT2D eigenvalue weighted by Crippen LogP contribution is -3.09. The minimum absolute atomic E-state index is 0.260. The Labute approximate surface area is 86.3 Å². The van der Waals surface area contributed by atoms with E-state index in [4.69, 9.17) is 0 Å². The lowest BCUT2D eigenvalue weighted by atomic mass is 10.2. The summed E-state index contributed by atoms with van der Waals surface area (Å²) in [7, 11) is 2.08. The Morgan fingerprint density at radius 1 is 1.67 bits per heavy atom. The van der Waals surface area contributed by atoms with Crippen molar-refractivity contribution in [2.24, 2.45) is 0 Å². The van der Waals surface area contributed by atoms with E-state index in [-0.39, 0.29) is 5.69 Å². The van der Waals surface area contributed by atoms with Crippen molar-refractivity contribution in [1.82, 2.24) is 14.5 Å². The van der Waals surface area contributed by atoms with Gasteiger partial charge in [-0.2, -0.15) is 4.98 Å². The van der Waals surface area contributed by atoms with Crippen molar-refractivity contribution in [3.8, 4) is 0 Å². The summed E-state index contributed by atoms with van der Waals surface area (Å²) < 4.78 is 2.16. The second-order valence-electron chi connectivity index (χ2n) is 4.20. The van der Waals surface area contributed by atoms with Crippen molar-refractivity contribution in [3.63, 3.8) is 0 Å². The van der Waals surface area contributed by atoms with E-state index in [0.29, 0.717) is 6.04 Å². The third-order valence-corrected chi connectivity index (χ3v) is 3.24. The second kappa shape index (κ2) is 2.70. The summed E-state index contributed by atoms with van der Waals surface area (Å²) in [6, 6.07) is 2.37. The zero-order valence-electron chi connectivity index (χ0n) is 8.74. The molecule has 5 heteroatoms. The number of nitrogens with one attached hydrogen (secondary N) is 2. The first-order valence-electron chi connectivity index (χ1n) is 5.10. The molecular formula is C10H13N4O+. The Morgan fingerprint density at radius 3 is 3.27 bits per heavy atom. The molecule has 0 bridgehead atoms. The molecule has 0 aliphatic carbocycles. The van der Waals surface area contributed by atoms with Gasteiger partial charge in [0.25, 0.3) is 0 Å². The van der Waals surface area contributed by atoms with Crippen LogP contribution in [0.15, 0.2) is 17.1 Å². The predicted molar refractivity (Wildman–Crippen MR) is 56.4 cm³/mol. The fraction of sp³-hybridized carbons (Fsp3) is 0.400. The van der Waals surface area contributed by atoms with Gasteiger partial charge in [0.05, 0.1) is 13.6 Å². The third kappa shape index (κ3) is 1.07. The van der Waals surface area contributed by atoms with Gasteiger partial charge in [-0.1, -0.05) is 0 Å². The monoisotopic (exact) mass is 205 g/mol. The van der Waals surface area contributed by atoms with Gasteiger partial charge in [-0.25, -0.2) is 4.79 Å². The Morgan fingerprint density at radius 2 is 2.47 bits per heavy atom. The van der Waals surface area contributed by atoms with Crippen LogP contribution in [0, 0.1) is 0 Å². The summed E-state index contributed by atoms with van der Waals surface area (Å²) in [4.78, 5) is 19.4. The van der Waals surface area contributed by atoms with Gasteiger partial charge in [-0.05, 0) is 13.0 Å². The second-order valence-corrected chi connectivity index (χ2v) is 4.20. The molecule has 0 saturated heterocycles. The van der Waals surface area contributed by atoms with Crippen LogP contribution < -0.4 is 10.6 Å². The van der Waals surface area contributed by atoms with Crippen molar-refractivity contribution in [3.05, 3.63) is 22.7 Å². The zero-order valence-corrected chi connectivity index (χ0v) is 8.74. The molecule has 78 valence electrons. The topological polar surface area (TPSA) is 55.1 Å². The highest BCUT2D eigenvalue weighted by molar-refractivity contribution is 5.83. The van der Waals surface area contributed by atoms with Gasteiger partial charge in [0.2, 0.25) is 5.82 Å². The minimum Gasteiger partial charge on any atom is -0.334 e. The van der Waals surface area contributed by atoms with Crippen molar-refractivity contribution in [2.45, 2.75) is 19.5 Å². The smallest absolute Gasteiger partial charge is 0.334 e. The number of hydrogen-bond acceptors (Lipinski definition) is 2. The molecule has 0 aromatic carbocycles. The lowest BCUT2D eigenvalue weighted by Gasteiger charge is -2.26. The minimum atomic E-state index is -0.260. The molecule has 15 heavy (non-hydrogen) atoms. The molecule has 3 rings (SSSR count). The molecule has 0 fully saturated rings. The van der Waals surface area contributed by atoms with Crippen molar-refractivity contribution in [1.29, 1.82) is 0 Å². The zero-order chi connectivity index (χ0) is 10.6. The molecule has 0 radical (unpaired) electrons. The molecule has 0 saturated carbocycles. The summed E-state index contributed by atoms with van der Waals surface area (Å²) >= 11 is 0. The first kappa shape index (κ1) is 8.67. The first-order chi connectivity index (χ1) is 7.16. The van der Waals surface area contributed by atoms with Crippen LogP contribution >= 0.6 is 0 Å². The first-order valence-corrected chi connectivity index (χ1v) is 5.10. The summed E-state index contributed by atoms with van der Waals surface area (Å²) in [5, 5.41) is 0. The summed E-state index contributed by atoms with van der Waals surface area (Å²) in [6.07, 6.45) is 2.00. The Hall–Kier alpha value is -1.62. The van der Waals surface area contributed by atoms with Crippen molar-refractivity contribution < 1.29 is 4.90 Å². The largest absolute Gasteiger partial charge is 0.350 e. The van der Waals surface area contributed by atoms with Gasteiger partial charge in [0.1, 0.15) is 17.1 Å². The molecular weight excluding hydrogens is 192 g/mol. The van der Waals surface area contributed by atoms with Crippen LogP contribution in [0.3, 0.4) is 0 Å². The van der Waals surface area contributed by atoms with Crippen LogP contribution in [0.2, 0.25) is 0 Å². The SMILES string of the molecule is CC1Cn2ccc3nc(=O)[nH]c(c32)[NH+]1C. The summed E-state index contributed by atoms with van der Waals surface area (Å²) in [5.74, 6) is 0.953. The maximum atomic E-state index is 11.4. The average molecular weight is 205 g/mol. The molecule has 2 atom stereocenters. The highest BCUT2D eigenvalue weighted by atomic mass is 16.1. The lowest BCUT2D eigenvalue weighted by molar-refractivity contribution is -0.841. The fourth-order valence-electron chi connectivity index (χ4n) is 2.24. The number of likely N-dealkylation sites (N-methyl/N-ethyl adjacent to an activating group) is 1. The number of rotatable bonds is 0. The van der Waals surface area contributed by atoms with Crippen LogP contribution in [0.5, 0.6) is 0 Å². The van der Waals surface area contributed by atoms with E-state index in [1.807, 2.05) is 12.3 Å². The van der Waals surface area contributed by atoms with Crippen molar-refractivity contribution >= 4 is 16.9 Å². The molecule has 3 heterocycles. The van der Waals surface area contributed by atoms with Gasteiger partial charge in [0.15, 0.2) is 0 Å². The van der Waals surface area contributed by atoms with Gasteiger partial charge in [-0.3, -0.25) is 9.88 Å². The molecule has 0 amide bonds. The highest BCUT2D eigenvalue weighted by Crippen LogP contribution is 2.19. The van der Waals surface area contributed by atoms with Crippen LogP contribution in [0.25, 0.3) is 11.0 Å². The maximum absolute atomic E-state index is 11.4. The number of aromatic amines is 1. The molecule has 1 aliphatic heterocycles.